The summed E-state index contributed by atoms with van der Waals surface area (Å²) in [4.78, 5) is 111. The molecule has 0 aliphatic carbocycles. The van der Waals surface area contributed by atoms with Crippen LogP contribution in [0.2, 0.25) is 0 Å². The lowest BCUT2D eigenvalue weighted by molar-refractivity contribution is -0.138. The second-order valence-corrected chi connectivity index (χ2v) is 19.2. The molecular weight excluding hydrogens is 992 g/mol. The Morgan fingerprint density at radius 1 is 0.851 bits per heavy atom. The van der Waals surface area contributed by atoms with Gasteiger partial charge in [0.15, 0.2) is 0 Å². The Kier molecular flexibility index (Phi) is 19.5. The van der Waals surface area contributed by atoms with Crippen molar-refractivity contribution in [3.05, 3.63) is 162 Å². The lowest BCUT2D eigenvalue weighted by Crippen LogP contribution is -2.22. The van der Waals surface area contributed by atoms with E-state index >= 15 is 0 Å². The number of nitrogens with two attached hydrogens (primary N) is 1. The third-order valence-corrected chi connectivity index (χ3v) is 13.7. The van der Waals surface area contributed by atoms with Crippen molar-refractivity contribution in [2.45, 2.75) is 80.2 Å². The molecule has 0 saturated heterocycles. The van der Waals surface area contributed by atoms with Crippen LogP contribution in [0.4, 0.5) is 5.82 Å². The number of carbonyl (C=O) groups is 6. The molecule has 0 saturated carbocycles. The van der Waals surface area contributed by atoms with Crippen molar-refractivity contribution in [3.63, 3.8) is 0 Å². The average molecular weight is 1050 g/mol. The van der Waals surface area contributed by atoms with Crippen molar-refractivity contribution >= 4 is 84.6 Å². The van der Waals surface area contributed by atoms with Crippen LogP contribution in [-0.4, -0.2) is 92.4 Å². The highest BCUT2D eigenvalue weighted by molar-refractivity contribution is 8.17. The number of aliphatic imine (C=N–C) groups is 1. The van der Waals surface area contributed by atoms with Crippen molar-refractivity contribution < 1.29 is 57.9 Å². The van der Waals surface area contributed by atoms with E-state index < -0.39 is 19.8 Å². The molecule has 4 aromatic rings. The molecule has 9 N–H and O–H groups in total. The van der Waals surface area contributed by atoms with Gasteiger partial charge in [0.25, 0.3) is 11.8 Å². The van der Waals surface area contributed by atoms with Crippen LogP contribution in [0.1, 0.15) is 95.4 Å². The van der Waals surface area contributed by atoms with Gasteiger partial charge in [0.05, 0.1) is 24.6 Å². The summed E-state index contributed by atoms with van der Waals surface area (Å²) in [5, 5.41) is 22.7. The monoisotopic (exact) mass is 1050 g/mol. The van der Waals surface area contributed by atoms with E-state index in [1.54, 1.807) is 76.3 Å². The highest BCUT2D eigenvalue weighted by Gasteiger charge is 2.25. The first-order chi connectivity index (χ1) is 35.0. The fourth-order valence-corrected chi connectivity index (χ4v) is 9.12. The van der Waals surface area contributed by atoms with Gasteiger partial charge in [-0.15, -0.1) is 0 Å². The minimum Gasteiger partial charge on any atom is -0.481 e. The third kappa shape index (κ3) is 14.7. The number of nitrogen functional groups attached to an aromatic ring is 1. The lowest BCUT2D eigenvalue weighted by atomic mass is 10.0. The number of allylic oxidation sites excluding steroid dienone is 3. The van der Waals surface area contributed by atoms with Gasteiger partial charge in [0, 0.05) is 86.0 Å². The molecule has 20 nitrogen and oxygen atoms in total. The van der Waals surface area contributed by atoms with E-state index in [-0.39, 0.29) is 68.0 Å². The van der Waals surface area contributed by atoms with Gasteiger partial charge in [0.1, 0.15) is 11.6 Å². The Labute approximate surface area is 430 Å². The Hall–Kier alpha value is -7.81. The first kappa shape index (κ1) is 57.1. The Morgan fingerprint density at radius 3 is 2.08 bits per heavy atom. The summed E-state index contributed by atoms with van der Waals surface area (Å²) >= 11 is 0.862. The quantitative estimate of drug-likeness (QED) is 0.0367. The first-order valence-corrected chi connectivity index (χ1v) is 25.2. The standard InChI is InChI=1S/C33H34N4O6.C19H23N4O6PS/c1-7-20-19(6)32(42)37-27(20)14-25-18(5)23(10-12-31(40)41)29(35-25)15-28-22(9-11-30(38)39)17(4)24(34-28)13-26-16(3)21(8-2)33(43)36-26;1-13(23(12-24)11-16-10-21-14(2)22-18(16)20)17(8-9-29-30(26,27)28)31-19(25)15-6-4-3-5-7-15/h7-8,13-15,34-35H,1-2,9-12H2,3-6H3,(H,37,42)(H,38,39)(H,40,41);3-7,10,12H,8-9,11H2,1-2H3,(H2,20,21,22)(H2,26,27,28)/b24-13?,27-14-,28-15-;17-13-. The van der Waals surface area contributed by atoms with Crippen molar-refractivity contribution in [2.75, 3.05) is 12.3 Å². The number of carboxylic acids is 2. The highest BCUT2D eigenvalue weighted by Crippen LogP contribution is 2.38. The molecule has 0 radical (unpaired) electrons. The minimum atomic E-state index is -4.67. The summed E-state index contributed by atoms with van der Waals surface area (Å²) in [7, 11) is -4.67. The average Bonchev–Trinajstić information content (AvgIpc) is 4.00. The number of carbonyl (C=O) groups excluding carboxylic acids is 4. The first-order valence-electron chi connectivity index (χ1n) is 22.8. The third-order valence-electron chi connectivity index (χ3n) is 12.0. The van der Waals surface area contributed by atoms with E-state index in [4.69, 9.17) is 15.5 Å². The van der Waals surface area contributed by atoms with Crippen LogP contribution in [0.15, 0.2) is 105 Å². The lowest BCUT2D eigenvalue weighted by Gasteiger charge is -2.22. The maximum Gasteiger partial charge on any atom is 0.469 e. The topological polar surface area (TPSA) is 321 Å². The molecule has 2 aliphatic heterocycles. The summed E-state index contributed by atoms with van der Waals surface area (Å²) in [6.45, 7) is 17.8. The summed E-state index contributed by atoms with van der Waals surface area (Å²) in [6.07, 6.45) is 10.9. The Morgan fingerprint density at radius 2 is 1.50 bits per heavy atom. The number of rotatable bonds is 21. The van der Waals surface area contributed by atoms with Gasteiger partial charge in [-0.05, 0) is 112 Å². The summed E-state index contributed by atoms with van der Waals surface area (Å²) < 4.78 is 15.5. The number of hydrogen-bond acceptors (Lipinski definition) is 12. The molecular formula is C52H57N8O12PS. The maximum absolute atomic E-state index is 12.7. The minimum absolute atomic E-state index is 0.00437. The van der Waals surface area contributed by atoms with E-state index in [1.807, 2.05) is 19.9 Å². The van der Waals surface area contributed by atoms with Gasteiger partial charge < -0.3 is 45.9 Å². The van der Waals surface area contributed by atoms with Gasteiger partial charge in [0.2, 0.25) is 11.5 Å². The number of phosphoric ester groups is 1. The smallest absolute Gasteiger partial charge is 0.469 e. The number of phosphoric acid groups is 1. The SMILES string of the molecule is C/C(=C(\CCOP(=O)(O)O)SC(=O)c1ccccc1)N(C=O)Cc1cnc(C)nc1N.C=CC1=C(C)C(C=c2[nH]/c(=C\c3[nH]c(/C=C4\NC(=O)C(C)=C4C=C)c(C)c3CCC(=O)O)c(CCC(=O)O)c2C)=NC1=O. The molecule has 1 aromatic carbocycles. The second-order valence-electron chi connectivity index (χ2n) is 16.9. The largest absolute Gasteiger partial charge is 0.481 e. The number of aromatic amines is 2. The molecule has 0 fully saturated rings. The molecule has 74 heavy (non-hydrogen) atoms. The van der Waals surface area contributed by atoms with Crippen LogP contribution in [0.25, 0.3) is 18.2 Å². The molecule has 6 rings (SSSR count). The molecule has 0 atom stereocenters. The molecule has 22 heteroatoms. The predicted molar refractivity (Wildman–Crippen MR) is 281 cm³/mol. The molecule has 3 aromatic heterocycles. The van der Waals surface area contributed by atoms with Gasteiger partial charge in [-0.2, -0.15) is 0 Å². The number of aliphatic carboxylic acids is 2. The number of hydrogen-bond donors (Lipinski definition) is 8. The number of anilines is 1. The number of aryl methyl sites for hydroxylation is 1. The van der Waals surface area contributed by atoms with E-state index in [1.165, 1.54) is 17.2 Å². The van der Waals surface area contributed by atoms with Crippen LogP contribution < -0.4 is 21.7 Å². The number of carboxylic acid groups (broad SMARTS) is 2. The summed E-state index contributed by atoms with van der Waals surface area (Å²) in [5.41, 5.74) is 15.3. The zero-order valence-electron chi connectivity index (χ0n) is 41.6. The van der Waals surface area contributed by atoms with Gasteiger partial charge in [-0.3, -0.25) is 33.3 Å². The van der Waals surface area contributed by atoms with Gasteiger partial charge in [-0.1, -0.05) is 55.6 Å². The molecule has 0 unspecified atom stereocenters. The van der Waals surface area contributed by atoms with Crippen LogP contribution >= 0.6 is 19.6 Å². The zero-order valence-corrected chi connectivity index (χ0v) is 43.3. The van der Waals surface area contributed by atoms with Crippen LogP contribution in [0.5, 0.6) is 0 Å². The second kappa shape index (κ2) is 25.2. The van der Waals surface area contributed by atoms with Crippen molar-refractivity contribution in [2.24, 2.45) is 4.99 Å². The van der Waals surface area contributed by atoms with E-state index in [9.17, 15) is 43.5 Å². The zero-order chi connectivity index (χ0) is 54.6. The van der Waals surface area contributed by atoms with E-state index in [0.29, 0.717) is 89.8 Å². The molecule has 0 bridgehead atoms. The number of benzene rings is 1. The molecule has 388 valence electrons. The van der Waals surface area contributed by atoms with Crippen LogP contribution in [0.3, 0.4) is 0 Å². The van der Waals surface area contributed by atoms with Crippen LogP contribution in [-0.2, 0) is 52.4 Å². The normalized spacial score (nSPS) is 15.0. The summed E-state index contributed by atoms with van der Waals surface area (Å²) in [5.74, 6) is -1.74. The Bertz CT molecular complexity index is 3280. The summed E-state index contributed by atoms with van der Waals surface area (Å²) in [6, 6.07) is 8.52. The van der Waals surface area contributed by atoms with Gasteiger partial charge in [-0.25, -0.2) is 19.5 Å². The van der Waals surface area contributed by atoms with Crippen molar-refractivity contribution in [1.29, 1.82) is 0 Å². The predicted octanol–water partition coefficient (Wildman–Crippen LogP) is 5.69. The highest BCUT2D eigenvalue weighted by atomic mass is 32.2. The number of thioether (sulfide) groups is 1. The number of aromatic nitrogens is 4. The van der Waals surface area contributed by atoms with E-state index in [0.717, 1.165) is 34.0 Å². The van der Waals surface area contributed by atoms with Crippen molar-refractivity contribution in [1.82, 2.24) is 30.2 Å². The fraction of sp³-hybridized carbons (Fsp3) is 0.250. The van der Waals surface area contributed by atoms with Gasteiger partial charge >= 0.3 is 19.8 Å². The number of H-pyrrole nitrogens is 2. The molecule has 0 spiro atoms. The maximum atomic E-state index is 12.7. The molecule has 3 amide bonds. The van der Waals surface area contributed by atoms with E-state index in [2.05, 4.69) is 47.9 Å². The number of nitrogens with one attached hydrogen (secondary N) is 3. The molecule has 2 aliphatic rings. The number of amides is 3. The number of nitrogens with zero attached hydrogens (tertiary/aromatic N) is 4. The fourth-order valence-electron chi connectivity index (χ4n) is 7.86. The Balaban J connectivity index is 0.000000290. The molecule has 5 heterocycles. The van der Waals surface area contributed by atoms with Crippen LogP contribution in [0, 0.1) is 20.8 Å². The van der Waals surface area contributed by atoms with Crippen molar-refractivity contribution in [3.8, 4) is 0 Å².